The predicted molar refractivity (Wildman–Crippen MR) is 171 cm³/mol. The largest absolute Gasteiger partial charge is 0.494 e. The van der Waals surface area contributed by atoms with Crippen LogP contribution in [0.15, 0.2) is 88.6 Å². The van der Waals surface area contributed by atoms with E-state index in [9.17, 15) is 4.39 Å². The molecule has 0 spiro atoms. The van der Waals surface area contributed by atoms with E-state index in [0.29, 0.717) is 30.3 Å². The van der Waals surface area contributed by atoms with Crippen LogP contribution in [0.25, 0.3) is 0 Å². The van der Waals surface area contributed by atoms with Crippen molar-refractivity contribution in [3.05, 3.63) is 83.6 Å². The average molecular weight is 570 g/mol. The van der Waals surface area contributed by atoms with Crippen LogP contribution in [0.5, 0.6) is 0 Å². The minimum absolute atomic E-state index is 0.177. The summed E-state index contributed by atoms with van der Waals surface area (Å²) in [5.41, 5.74) is 4.23. The highest BCUT2D eigenvalue weighted by Crippen LogP contribution is 2.27. The average Bonchev–Trinajstić information content (AvgIpc) is 3.33. The number of allylic oxidation sites excluding steroid dienone is 7. The zero-order valence-corrected chi connectivity index (χ0v) is 26.0. The summed E-state index contributed by atoms with van der Waals surface area (Å²) in [6, 6.07) is 0.662. The molecule has 0 fully saturated rings. The quantitative estimate of drug-likeness (QED) is 0.108. The number of halogens is 2. The van der Waals surface area contributed by atoms with Crippen LogP contribution < -0.4 is 5.32 Å². The first-order valence-corrected chi connectivity index (χ1v) is 15.6. The van der Waals surface area contributed by atoms with Crippen LogP contribution in [-0.4, -0.2) is 49.2 Å². The van der Waals surface area contributed by atoms with Crippen LogP contribution in [0.4, 0.5) is 8.78 Å². The van der Waals surface area contributed by atoms with Crippen LogP contribution in [0.3, 0.4) is 0 Å². The van der Waals surface area contributed by atoms with Gasteiger partial charge in [-0.2, -0.15) is 0 Å². The van der Waals surface area contributed by atoms with Crippen molar-refractivity contribution in [3.8, 4) is 0 Å². The van der Waals surface area contributed by atoms with Crippen molar-refractivity contribution in [1.82, 2.24) is 10.2 Å². The third kappa shape index (κ3) is 12.0. The number of aliphatic imine (C=N–C) groups is 1. The molecule has 6 heteroatoms. The van der Waals surface area contributed by atoms with Crippen molar-refractivity contribution in [2.75, 3.05) is 26.2 Å². The normalized spacial score (nSPS) is 18.0. The monoisotopic (exact) mass is 569 g/mol. The lowest BCUT2D eigenvalue weighted by atomic mass is 9.98. The first-order valence-electron chi connectivity index (χ1n) is 15.6. The number of unbranched alkanes of at least 4 members (excludes halogenated alkanes) is 2. The number of alkyl halides is 1. The van der Waals surface area contributed by atoms with Crippen molar-refractivity contribution in [2.45, 2.75) is 104 Å². The highest BCUT2D eigenvalue weighted by atomic mass is 19.1. The molecule has 0 amide bonds. The molecule has 2 aliphatic rings. The molecule has 2 heterocycles. The van der Waals surface area contributed by atoms with Gasteiger partial charge in [-0.15, -0.1) is 0 Å². The minimum atomic E-state index is -1.59. The predicted octanol–water partition coefficient (Wildman–Crippen LogP) is 9.22. The molecule has 0 saturated carbocycles. The molecule has 0 aromatic carbocycles. The van der Waals surface area contributed by atoms with Gasteiger partial charge in [-0.25, -0.2) is 13.8 Å². The number of nitrogens with zero attached hydrogens (tertiary/aromatic N) is 2. The molecule has 0 radical (unpaired) electrons. The lowest BCUT2D eigenvalue weighted by Crippen LogP contribution is -2.35. The first-order chi connectivity index (χ1) is 19.8. The van der Waals surface area contributed by atoms with E-state index in [2.05, 4.69) is 50.2 Å². The van der Waals surface area contributed by atoms with Gasteiger partial charge in [-0.05, 0) is 94.9 Å². The number of rotatable bonds is 17. The van der Waals surface area contributed by atoms with E-state index in [-0.39, 0.29) is 5.76 Å². The Hall–Kier alpha value is -2.73. The lowest BCUT2D eigenvalue weighted by molar-refractivity contribution is 0.162. The Bertz CT molecular complexity index is 1030. The molecule has 4 nitrogen and oxygen atoms in total. The fraction of sp³-hybridized carbons (Fsp3) is 0.571. The number of hydrogen-bond acceptors (Lipinski definition) is 4. The van der Waals surface area contributed by atoms with E-state index >= 15 is 4.39 Å². The molecular formula is C35H53F2N3O. The Labute approximate surface area is 248 Å². The third-order valence-corrected chi connectivity index (χ3v) is 7.88. The SMILES string of the molecule is C=CC1=C(CCCCCO/C(=C(/C)C2=CCC=CC(NCCC)=N2)C(F)C=CC(=C)F)CCN(C(CC)CC)CC1. The van der Waals surface area contributed by atoms with E-state index in [1.165, 1.54) is 24.0 Å². The molecule has 2 aliphatic heterocycles. The van der Waals surface area contributed by atoms with Gasteiger partial charge < -0.3 is 10.1 Å². The van der Waals surface area contributed by atoms with Gasteiger partial charge in [0.25, 0.3) is 0 Å². The topological polar surface area (TPSA) is 36.9 Å². The van der Waals surface area contributed by atoms with Gasteiger partial charge in [0, 0.05) is 31.2 Å². The maximum atomic E-state index is 15.3. The van der Waals surface area contributed by atoms with Crippen LogP contribution >= 0.6 is 0 Å². The molecule has 0 saturated heterocycles. The maximum Gasteiger partial charge on any atom is 0.176 e. The molecule has 2 rings (SSSR count). The smallest absolute Gasteiger partial charge is 0.176 e. The minimum Gasteiger partial charge on any atom is -0.494 e. The Morgan fingerprint density at radius 3 is 2.61 bits per heavy atom. The molecule has 228 valence electrons. The molecule has 1 unspecified atom stereocenters. The summed E-state index contributed by atoms with van der Waals surface area (Å²) in [7, 11) is 0. The van der Waals surface area contributed by atoms with Crippen molar-refractivity contribution in [1.29, 1.82) is 0 Å². The van der Waals surface area contributed by atoms with Gasteiger partial charge in [0.15, 0.2) is 6.17 Å². The Morgan fingerprint density at radius 1 is 1.17 bits per heavy atom. The summed E-state index contributed by atoms with van der Waals surface area (Å²) in [6.07, 6.45) is 18.7. The zero-order chi connectivity index (χ0) is 30.0. The van der Waals surface area contributed by atoms with Gasteiger partial charge >= 0.3 is 0 Å². The van der Waals surface area contributed by atoms with E-state index in [1.807, 2.05) is 25.2 Å². The van der Waals surface area contributed by atoms with Crippen molar-refractivity contribution < 1.29 is 13.5 Å². The van der Waals surface area contributed by atoms with Gasteiger partial charge in [-0.3, -0.25) is 4.90 Å². The van der Waals surface area contributed by atoms with Gasteiger partial charge in [0.05, 0.1) is 12.3 Å². The van der Waals surface area contributed by atoms with Crippen molar-refractivity contribution in [3.63, 3.8) is 0 Å². The summed E-state index contributed by atoms with van der Waals surface area (Å²) in [5.74, 6) is 0.227. The zero-order valence-electron chi connectivity index (χ0n) is 26.0. The summed E-state index contributed by atoms with van der Waals surface area (Å²) < 4.78 is 34.6. The molecule has 1 atom stereocenters. The number of ether oxygens (including phenoxy) is 1. The van der Waals surface area contributed by atoms with E-state index < -0.39 is 12.0 Å². The summed E-state index contributed by atoms with van der Waals surface area (Å²) in [5, 5.41) is 3.30. The second-order valence-electron chi connectivity index (χ2n) is 10.8. The molecular weight excluding hydrogens is 516 g/mol. The van der Waals surface area contributed by atoms with Crippen LogP contribution in [0.1, 0.15) is 91.9 Å². The van der Waals surface area contributed by atoms with Gasteiger partial charge in [-0.1, -0.05) is 57.7 Å². The lowest BCUT2D eigenvalue weighted by Gasteiger charge is -2.29. The molecule has 0 aromatic rings. The van der Waals surface area contributed by atoms with Gasteiger partial charge in [0.2, 0.25) is 0 Å². The van der Waals surface area contributed by atoms with E-state index in [0.717, 1.165) is 82.6 Å². The summed E-state index contributed by atoms with van der Waals surface area (Å²) in [4.78, 5) is 7.36. The van der Waals surface area contributed by atoms with Crippen molar-refractivity contribution >= 4 is 5.84 Å². The number of nitrogens with one attached hydrogen (secondary N) is 1. The molecule has 1 N–H and O–H groups in total. The maximum absolute atomic E-state index is 15.3. The Kier molecular flexibility index (Phi) is 16.3. The fourth-order valence-corrected chi connectivity index (χ4v) is 5.45. The third-order valence-electron chi connectivity index (χ3n) is 7.88. The van der Waals surface area contributed by atoms with E-state index in [4.69, 9.17) is 9.73 Å². The summed E-state index contributed by atoms with van der Waals surface area (Å²) in [6.45, 7) is 19.2. The second-order valence-corrected chi connectivity index (χ2v) is 10.8. The Morgan fingerprint density at radius 2 is 1.93 bits per heavy atom. The number of hydrogen-bond donors (Lipinski definition) is 1. The second kappa shape index (κ2) is 19.4. The first kappa shape index (κ1) is 34.5. The Balaban J connectivity index is 2.01. The molecule has 0 aliphatic carbocycles. The summed E-state index contributed by atoms with van der Waals surface area (Å²) >= 11 is 0. The standard InChI is InChI=1S/C35H53F2N3O/c1-7-23-38-34-18-14-13-17-33(39-34)28(6)35(32(37)20-19-27(5)36)41-26-15-11-12-16-30-22-25-40(31(9-3)10-4)24-21-29(30)8-2/h8,14,17-20,31-32H,2,5,7,9-13,15-16,21-26H2,1,3-4,6H3,(H,38,39)/b20-19?,35-28-. The number of amidine groups is 1. The molecule has 0 aromatic heterocycles. The van der Waals surface area contributed by atoms with Crippen LogP contribution in [0.2, 0.25) is 0 Å². The van der Waals surface area contributed by atoms with Crippen LogP contribution in [0, 0.1) is 0 Å². The van der Waals surface area contributed by atoms with Gasteiger partial charge in [0.1, 0.15) is 17.4 Å². The van der Waals surface area contributed by atoms with E-state index in [1.54, 1.807) is 0 Å². The molecule has 0 bridgehead atoms. The highest BCUT2D eigenvalue weighted by Gasteiger charge is 2.21. The van der Waals surface area contributed by atoms with Crippen molar-refractivity contribution in [2.24, 2.45) is 4.99 Å². The molecule has 41 heavy (non-hydrogen) atoms. The highest BCUT2D eigenvalue weighted by molar-refractivity contribution is 5.94. The van der Waals surface area contributed by atoms with Crippen LogP contribution in [-0.2, 0) is 4.74 Å². The fourth-order valence-electron chi connectivity index (χ4n) is 5.45.